The van der Waals surface area contributed by atoms with Crippen molar-refractivity contribution in [3.63, 3.8) is 0 Å². The minimum atomic E-state index is -0.774. The van der Waals surface area contributed by atoms with Crippen LogP contribution in [-0.4, -0.2) is 25.3 Å². The van der Waals surface area contributed by atoms with E-state index in [2.05, 4.69) is 4.74 Å². The number of aryl methyl sites for hydroxylation is 1. The van der Waals surface area contributed by atoms with Gasteiger partial charge in [-0.25, -0.2) is 0 Å². The highest BCUT2D eigenvalue weighted by atomic mass is 16.4. The third kappa shape index (κ3) is 18.1. The predicted octanol–water partition coefficient (Wildman–Crippen LogP) is 5.93. The molecule has 0 fully saturated rings. The lowest BCUT2D eigenvalue weighted by atomic mass is 10.0. The Kier molecular flexibility index (Phi) is 24.2. The summed E-state index contributed by atoms with van der Waals surface area (Å²) < 4.78 is 4.25. The number of aliphatic carboxylic acids is 1. The normalized spacial score (nSPS) is 7.84. The third-order valence-corrected chi connectivity index (χ3v) is 2.73. The Balaban J connectivity index is -0.000000312. The molecule has 2 rings (SSSR count). The van der Waals surface area contributed by atoms with Crippen molar-refractivity contribution in [3.8, 4) is 0 Å². The Morgan fingerprint density at radius 3 is 1.52 bits per heavy atom. The number of rotatable bonds is 2. The largest absolute Gasteiger partial charge is 0.481 e. The number of benzene rings is 2. The molecule has 142 valence electrons. The predicted molar refractivity (Wildman–Crippen MR) is 109 cm³/mol. The van der Waals surface area contributed by atoms with Crippen LogP contribution in [-0.2, 0) is 16.0 Å². The third-order valence-electron chi connectivity index (χ3n) is 2.73. The summed E-state index contributed by atoms with van der Waals surface area (Å²) in [4.78, 5) is 10.4. The van der Waals surface area contributed by atoms with E-state index in [0.717, 1.165) is 16.7 Å². The van der Waals surface area contributed by atoms with Gasteiger partial charge in [0.05, 0.1) is 6.42 Å². The molecule has 3 nitrogen and oxygen atoms in total. The summed E-state index contributed by atoms with van der Waals surface area (Å²) in [5.74, 6) is -0.774. The van der Waals surface area contributed by atoms with Crippen molar-refractivity contribution in [1.82, 2.24) is 0 Å². The summed E-state index contributed by atoms with van der Waals surface area (Å²) in [5.41, 5.74) is 3.14. The lowest BCUT2D eigenvalue weighted by Gasteiger charge is -2.04. The first-order chi connectivity index (χ1) is 12.0. The zero-order valence-electron chi connectivity index (χ0n) is 17.2. The van der Waals surface area contributed by atoms with Crippen molar-refractivity contribution >= 4 is 5.97 Å². The van der Waals surface area contributed by atoms with Gasteiger partial charge in [-0.05, 0) is 30.5 Å². The first-order valence-corrected chi connectivity index (χ1v) is 8.70. The average molecular weight is 349 g/mol. The van der Waals surface area contributed by atoms with E-state index in [-0.39, 0.29) is 6.42 Å². The SMILES string of the molecule is CC.CC.COC.Cc1cccc(CC(=O)O)c1C.c1ccccc1. The van der Waals surface area contributed by atoms with Gasteiger partial charge in [-0.15, -0.1) is 0 Å². The highest BCUT2D eigenvalue weighted by molar-refractivity contribution is 5.70. The molecule has 0 radical (unpaired) electrons. The fraction of sp³-hybridized carbons (Fsp3) is 0.409. The van der Waals surface area contributed by atoms with Crippen LogP contribution in [0, 0.1) is 13.8 Å². The van der Waals surface area contributed by atoms with E-state index in [0.29, 0.717) is 0 Å². The van der Waals surface area contributed by atoms with E-state index in [9.17, 15) is 4.79 Å². The summed E-state index contributed by atoms with van der Waals surface area (Å²) in [7, 11) is 3.25. The topological polar surface area (TPSA) is 46.5 Å². The molecule has 0 saturated carbocycles. The van der Waals surface area contributed by atoms with E-state index in [4.69, 9.17) is 5.11 Å². The summed E-state index contributed by atoms with van der Waals surface area (Å²) in [6.07, 6.45) is 0.119. The highest BCUT2D eigenvalue weighted by Gasteiger charge is 2.04. The van der Waals surface area contributed by atoms with Gasteiger partial charge >= 0.3 is 5.97 Å². The number of methoxy groups -OCH3 is 1. The van der Waals surface area contributed by atoms with Crippen molar-refractivity contribution in [2.24, 2.45) is 0 Å². The quantitative estimate of drug-likeness (QED) is 0.731. The van der Waals surface area contributed by atoms with Crippen molar-refractivity contribution in [2.45, 2.75) is 48.0 Å². The molecule has 0 aliphatic carbocycles. The molecule has 0 aliphatic heterocycles. The fourth-order valence-electron chi connectivity index (χ4n) is 1.55. The molecule has 2 aromatic carbocycles. The van der Waals surface area contributed by atoms with Crippen LogP contribution in [0.2, 0.25) is 0 Å². The van der Waals surface area contributed by atoms with Gasteiger partial charge in [-0.3, -0.25) is 4.79 Å². The fourth-order valence-corrected chi connectivity index (χ4v) is 1.55. The first-order valence-electron chi connectivity index (χ1n) is 8.70. The van der Waals surface area contributed by atoms with Crippen molar-refractivity contribution in [1.29, 1.82) is 0 Å². The van der Waals surface area contributed by atoms with E-state index >= 15 is 0 Å². The molecular weight excluding hydrogens is 312 g/mol. The Morgan fingerprint density at radius 1 is 0.840 bits per heavy atom. The van der Waals surface area contributed by atoms with Crippen LogP contribution in [0.15, 0.2) is 54.6 Å². The van der Waals surface area contributed by atoms with Gasteiger partial charge in [0.1, 0.15) is 0 Å². The van der Waals surface area contributed by atoms with Gasteiger partial charge in [-0.1, -0.05) is 82.3 Å². The van der Waals surface area contributed by atoms with E-state index < -0.39 is 5.97 Å². The number of hydrogen-bond donors (Lipinski definition) is 1. The maximum absolute atomic E-state index is 10.4. The Morgan fingerprint density at radius 2 is 1.20 bits per heavy atom. The van der Waals surface area contributed by atoms with Crippen LogP contribution in [0.25, 0.3) is 0 Å². The van der Waals surface area contributed by atoms with Gasteiger partial charge in [0.2, 0.25) is 0 Å². The summed E-state index contributed by atoms with van der Waals surface area (Å²) in [6.45, 7) is 11.9. The maximum Gasteiger partial charge on any atom is 0.307 e. The second kappa shape index (κ2) is 21.9. The molecule has 2 aromatic rings. The number of hydrogen-bond acceptors (Lipinski definition) is 2. The smallest absolute Gasteiger partial charge is 0.307 e. The molecule has 0 atom stereocenters. The van der Waals surface area contributed by atoms with Crippen LogP contribution in [0.3, 0.4) is 0 Å². The number of carboxylic acids is 1. The van der Waals surface area contributed by atoms with Crippen LogP contribution < -0.4 is 0 Å². The number of carbonyl (C=O) groups is 1. The highest BCUT2D eigenvalue weighted by Crippen LogP contribution is 2.12. The van der Waals surface area contributed by atoms with Crippen molar-refractivity contribution < 1.29 is 14.6 Å². The molecule has 25 heavy (non-hydrogen) atoms. The summed E-state index contributed by atoms with van der Waals surface area (Å²) in [5, 5.41) is 8.58. The van der Waals surface area contributed by atoms with Gasteiger partial charge in [0.25, 0.3) is 0 Å². The maximum atomic E-state index is 10.4. The lowest BCUT2D eigenvalue weighted by Crippen LogP contribution is -2.02. The molecule has 0 heterocycles. The first kappa shape index (κ1) is 27.7. The van der Waals surface area contributed by atoms with Crippen LogP contribution in [0.4, 0.5) is 0 Å². The van der Waals surface area contributed by atoms with Gasteiger partial charge in [0, 0.05) is 14.2 Å². The van der Waals surface area contributed by atoms with E-state index in [1.165, 1.54) is 0 Å². The van der Waals surface area contributed by atoms with E-state index in [1.54, 1.807) is 14.2 Å². The zero-order chi connectivity index (χ0) is 20.1. The van der Waals surface area contributed by atoms with Crippen LogP contribution >= 0.6 is 0 Å². The molecule has 0 aliphatic rings. The zero-order valence-corrected chi connectivity index (χ0v) is 17.2. The molecule has 3 heteroatoms. The van der Waals surface area contributed by atoms with Crippen molar-refractivity contribution in [2.75, 3.05) is 14.2 Å². The second-order valence-corrected chi connectivity index (χ2v) is 4.49. The lowest BCUT2D eigenvalue weighted by molar-refractivity contribution is -0.136. The minimum absolute atomic E-state index is 0.119. The van der Waals surface area contributed by atoms with Gasteiger partial charge < -0.3 is 9.84 Å². The Bertz CT molecular complexity index is 481. The average Bonchev–Trinajstić information content (AvgIpc) is 2.65. The van der Waals surface area contributed by atoms with Gasteiger partial charge in [0.15, 0.2) is 0 Å². The number of ether oxygens (including phenoxy) is 1. The molecule has 0 amide bonds. The van der Waals surface area contributed by atoms with Crippen molar-refractivity contribution in [3.05, 3.63) is 71.3 Å². The molecular formula is C22H36O3. The number of carboxylic acid groups (broad SMARTS) is 1. The molecule has 0 bridgehead atoms. The standard InChI is InChI=1S/C10H12O2.C6H6.C2H6O.2C2H6/c1-7-4-3-5-9(8(7)2)6-10(11)12;1-2-4-6-5-3-1;1-3-2;2*1-2/h3-5H,6H2,1-2H3,(H,11,12);1-6H;1-2H3;2*1-2H3. The Hall–Kier alpha value is -2.13. The van der Waals surface area contributed by atoms with E-state index in [1.807, 2.05) is 96.1 Å². The second-order valence-electron chi connectivity index (χ2n) is 4.49. The minimum Gasteiger partial charge on any atom is -0.481 e. The summed E-state index contributed by atoms with van der Waals surface area (Å²) >= 11 is 0. The molecule has 0 aromatic heterocycles. The Labute approximate surface area is 154 Å². The summed E-state index contributed by atoms with van der Waals surface area (Å²) in [6, 6.07) is 17.7. The van der Waals surface area contributed by atoms with Gasteiger partial charge in [-0.2, -0.15) is 0 Å². The molecule has 0 spiro atoms. The monoisotopic (exact) mass is 348 g/mol. The molecule has 0 unspecified atom stereocenters. The van der Waals surface area contributed by atoms with Crippen LogP contribution in [0.5, 0.6) is 0 Å². The molecule has 1 N–H and O–H groups in total. The van der Waals surface area contributed by atoms with Crippen LogP contribution in [0.1, 0.15) is 44.4 Å². The molecule has 0 saturated heterocycles.